The summed E-state index contributed by atoms with van der Waals surface area (Å²) in [4.78, 5) is 36.0. The Morgan fingerprint density at radius 3 is 2.57 bits per heavy atom. The molecule has 3 rings (SSSR count). The number of aliphatic imine (C=N–C) groups is 1. The van der Waals surface area contributed by atoms with Gasteiger partial charge in [0.2, 0.25) is 0 Å². The molecule has 0 fully saturated rings. The third-order valence-electron chi connectivity index (χ3n) is 2.91. The SMILES string of the molecule is [2H]C([2H])([2H])Oc1ccccc1OC1C(=O)N=C(c2ncccn2)NC1=O. The van der Waals surface area contributed by atoms with Gasteiger partial charge in [-0.05, 0) is 18.2 Å². The number of ether oxygens (including phenoxy) is 2. The first-order valence-electron chi connectivity index (χ1n) is 7.99. The second kappa shape index (κ2) is 6.22. The Hall–Kier alpha value is -3.29. The van der Waals surface area contributed by atoms with Crippen molar-refractivity contribution >= 4 is 17.6 Å². The number of hydrogen-bond acceptors (Lipinski definition) is 6. The Morgan fingerprint density at radius 1 is 1.13 bits per heavy atom. The largest absolute Gasteiger partial charge is 0.493 e. The summed E-state index contributed by atoms with van der Waals surface area (Å²) in [6.07, 6.45) is 1.28. The van der Waals surface area contributed by atoms with E-state index in [9.17, 15) is 9.59 Å². The number of hydrogen-bond donors (Lipinski definition) is 1. The molecule has 1 aromatic carbocycles. The quantitative estimate of drug-likeness (QED) is 0.816. The highest BCUT2D eigenvalue weighted by Gasteiger charge is 2.35. The molecule has 0 saturated carbocycles. The molecular weight excluding hydrogens is 300 g/mol. The lowest BCUT2D eigenvalue weighted by Gasteiger charge is -2.21. The molecule has 0 aliphatic carbocycles. The van der Waals surface area contributed by atoms with Gasteiger partial charge in [-0.2, -0.15) is 4.99 Å². The summed E-state index contributed by atoms with van der Waals surface area (Å²) in [6.45, 7) is 0. The number of benzene rings is 1. The first kappa shape index (κ1) is 11.3. The molecule has 8 heteroatoms. The van der Waals surface area contributed by atoms with Gasteiger partial charge in [0.25, 0.3) is 17.9 Å². The van der Waals surface area contributed by atoms with E-state index in [0.29, 0.717) is 0 Å². The van der Waals surface area contributed by atoms with Crippen LogP contribution in [0.3, 0.4) is 0 Å². The summed E-state index contributed by atoms with van der Waals surface area (Å²) < 4.78 is 31.6. The number of nitrogens with zero attached hydrogens (tertiary/aromatic N) is 3. The van der Waals surface area contributed by atoms with Crippen LogP contribution in [0.5, 0.6) is 11.5 Å². The molecule has 0 radical (unpaired) electrons. The van der Waals surface area contributed by atoms with Gasteiger partial charge in [-0.15, -0.1) is 0 Å². The molecule has 0 bridgehead atoms. The lowest BCUT2D eigenvalue weighted by molar-refractivity contribution is -0.137. The molecule has 0 spiro atoms. The second-order valence-corrected chi connectivity index (χ2v) is 4.41. The Bertz CT molecular complexity index is 871. The minimum Gasteiger partial charge on any atom is -0.493 e. The molecule has 2 amide bonds. The maximum Gasteiger partial charge on any atom is 0.298 e. The molecule has 2 heterocycles. The molecular formula is C15H12N4O4. The van der Waals surface area contributed by atoms with Crippen LogP contribution in [-0.4, -0.2) is 40.8 Å². The van der Waals surface area contributed by atoms with Gasteiger partial charge in [-0.1, -0.05) is 12.1 Å². The number of methoxy groups -OCH3 is 1. The fourth-order valence-electron chi connectivity index (χ4n) is 1.88. The van der Waals surface area contributed by atoms with Crippen LogP contribution in [0, 0.1) is 0 Å². The van der Waals surface area contributed by atoms with Crippen molar-refractivity contribution in [2.45, 2.75) is 6.10 Å². The lowest BCUT2D eigenvalue weighted by atomic mass is 10.2. The highest BCUT2D eigenvalue weighted by molar-refractivity contribution is 6.21. The van der Waals surface area contributed by atoms with Gasteiger partial charge in [0.05, 0.1) is 11.2 Å². The fraction of sp³-hybridized carbons (Fsp3) is 0.133. The number of nitrogens with one attached hydrogen (secondary N) is 1. The van der Waals surface area contributed by atoms with Crippen molar-refractivity contribution in [3.63, 3.8) is 0 Å². The van der Waals surface area contributed by atoms with E-state index in [1.165, 1.54) is 30.6 Å². The highest BCUT2D eigenvalue weighted by atomic mass is 16.5. The van der Waals surface area contributed by atoms with E-state index in [-0.39, 0.29) is 23.2 Å². The van der Waals surface area contributed by atoms with Crippen LogP contribution in [-0.2, 0) is 9.59 Å². The summed E-state index contributed by atoms with van der Waals surface area (Å²) in [5.41, 5.74) is 0. The lowest BCUT2D eigenvalue weighted by Crippen LogP contribution is -2.50. The zero-order valence-corrected chi connectivity index (χ0v) is 11.6. The third-order valence-corrected chi connectivity index (χ3v) is 2.91. The highest BCUT2D eigenvalue weighted by Crippen LogP contribution is 2.27. The smallest absolute Gasteiger partial charge is 0.298 e. The van der Waals surface area contributed by atoms with Crippen LogP contribution < -0.4 is 14.8 Å². The van der Waals surface area contributed by atoms with E-state index in [4.69, 9.17) is 13.6 Å². The van der Waals surface area contributed by atoms with Gasteiger partial charge in [0.15, 0.2) is 23.2 Å². The first-order chi connectivity index (χ1) is 12.3. The zero-order valence-electron chi connectivity index (χ0n) is 14.6. The summed E-state index contributed by atoms with van der Waals surface area (Å²) in [5, 5.41) is 2.39. The Labute approximate surface area is 135 Å². The molecule has 8 nitrogen and oxygen atoms in total. The molecule has 1 aliphatic rings. The molecule has 1 unspecified atom stereocenters. The molecule has 116 valence electrons. The number of amides is 2. The molecule has 0 saturated heterocycles. The van der Waals surface area contributed by atoms with Crippen molar-refractivity contribution < 1.29 is 23.2 Å². The minimum atomic E-state index is -2.71. The summed E-state index contributed by atoms with van der Waals surface area (Å²) >= 11 is 0. The number of carbonyl (C=O) groups excluding carboxylic acids is 2. The van der Waals surface area contributed by atoms with Crippen LogP contribution in [0.15, 0.2) is 47.7 Å². The van der Waals surface area contributed by atoms with Crippen molar-refractivity contribution in [1.82, 2.24) is 15.3 Å². The predicted octanol–water partition coefficient (Wildman–Crippen LogP) is 0.336. The summed E-state index contributed by atoms with van der Waals surface area (Å²) in [7, 11) is -2.71. The minimum absolute atomic E-state index is 0.0771. The van der Waals surface area contributed by atoms with Gasteiger partial charge in [0.1, 0.15) is 0 Å². The third kappa shape index (κ3) is 3.00. The summed E-state index contributed by atoms with van der Waals surface area (Å²) in [6, 6.07) is 7.37. The second-order valence-electron chi connectivity index (χ2n) is 4.41. The van der Waals surface area contributed by atoms with Crippen LogP contribution in [0.25, 0.3) is 0 Å². The molecule has 1 aliphatic heterocycles. The molecule has 1 N–H and O–H groups in total. The maximum atomic E-state index is 12.2. The number of aromatic nitrogens is 2. The van der Waals surface area contributed by atoms with Crippen molar-refractivity contribution in [2.24, 2.45) is 4.99 Å². The topological polar surface area (TPSA) is 103 Å². The molecule has 1 atom stereocenters. The fourth-order valence-corrected chi connectivity index (χ4v) is 1.88. The van der Waals surface area contributed by atoms with E-state index >= 15 is 0 Å². The van der Waals surface area contributed by atoms with Gasteiger partial charge < -0.3 is 14.8 Å². The Balaban J connectivity index is 1.83. The molecule has 2 aromatic rings. The van der Waals surface area contributed by atoms with Gasteiger partial charge in [0, 0.05) is 12.4 Å². The van der Waals surface area contributed by atoms with Crippen molar-refractivity contribution in [3.05, 3.63) is 48.5 Å². The monoisotopic (exact) mass is 315 g/mol. The molecule has 23 heavy (non-hydrogen) atoms. The Morgan fingerprint density at radius 2 is 1.87 bits per heavy atom. The van der Waals surface area contributed by atoms with Crippen molar-refractivity contribution in [1.29, 1.82) is 0 Å². The van der Waals surface area contributed by atoms with E-state index in [2.05, 4.69) is 20.3 Å². The van der Waals surface area contributed by atoms with E-state index < -0.39 is 25.0 Å². The van der Waals surface area contributed by atoms with Gasteiger partial charge in [-0.25, -0.2) is 9.97 Å². The van der Waals surface area contributed by atoms with Gasteiger partial charge >= 0.3 is 0 Å². The normalized spacial score (nSPS) is 19.7. The number of rotatable bonds is 4. The van der Waals surface area contributed by atoms with Crippen LogP contribution in [0.1, 0.15) is 9.94 Å². The summed E-state index contributed by atoms with van der Waals surface area (Å²) in [5.74, 6) is -1.87. The Kier molecular flexibility index (Phi) is 3.06. The predicted molar refractivity (Wildman–Crippen MR) is 79.1 cm³/mol. The first-order valence-corrected chi connectivity index (χ1v) is 6.49. The maximum absolute atomic E-state index is 12.2. The number of amidine groups is 1. The average molecular weight is 315 g/mol. The standard InChI is InChI=1S/C15H12N4O4/c1-22-9-5-2-3-6-10(9)23-11-14(20)18-13(19-15(11)21)12-16-7-4-8-17-12/h2-8,11H,1H3,(H,18,19,20,21)/i1D3. The van der Waals surface area contributed by atoms with Crippen molar-refractivity contribution in [3.8, 4) is 11.5 Å². The van der Waals surface area contributed by atoms with Crippen LogP contribution >= 0.6 is 0 Å². The zero-order chi connectivity index (χ0) is 18.7. The van der Waals surface area contributed by atoms with E-state index in [1.54, 1.807) is 12.1 Å². The number of carbonyl (C=O) groups is 2. The van der Waals surface area contributed by atoms with Crippen LogP contribution in [0.4, 0.5) is 0 Å². The van der Waals surface area contributed by atoms with Gasteiger partial charge in [-0.3, -0.25) is 9.59 Å². The van der Waals surface area contributed by atoms with Crippen molar-refractivity contribution in [2.75, 3.05) is 7.04 Å². The average Bonchev–Trinajstić information content (AvgIpc) is 2.59. The number of para-hydroxylation sites is 2. The molecule has 1 aromatic heterocycles. The van der Waals surface area contributed by atoms with E-state index in [1.807, 2.05) is 0 Å². The van der Waals surface area contributed by atoms with E-state index in [0.717, 1.165) is 0 Å². The van der Waals surface area contributed by atoms with Crippen LogP contribution in [0.2, 0.25) is 0 Å².